The Bertz CT molecular complexity index is 794. The first-order valence-electron chi connectivity index (χ1n) is 9.30. The number of hydrogen-bond donors (Lipinski definition) is 7. The molecule has 12 heteroatoms. The van der Waals surface area contributed by atoms with Crippen molar-refractivity contribution in [1.29, 1.82) is 0 Å². The van der Waals surface area contributed by atoms with Gasteiger partial charge in [-0.25, -0.2) is 4.79 Å². The fraction of sp³-hybridized carbons (Fsp3) is 0.579. The minimum atomic E-state index is -1.83. The van der Waals surface area contributed by atoms with E-state index in [2.05, 4.69) is 0 Å². The highest BCUT2D eigenvalue weighted by atomic mass is 16.7. The molecule has 31 heavy (non-hydrogen) atoms. The Kier molecular flexibility index (Phi) is 8.31. The second-order valence-electron chi connectivity index (χ2n) is 7.07. The molecule has 0 unspecified atom stereocenters. The van der Waals surface area contributed by atoms with Crippen molar-refractivity contribution in [2.45, 2.75) is 56.3 Å². The minimum Gasteiger partial charge on any atom is -0.507 e. The highest BCUT2D eigenvalue weighted by Crippen LogP contribution is 2.41. The second kappa shape index (κ2) is 10.3. The summed E-state index contributed by atoms with van der Waals surface area (Å²) in [5, 5.41) is 69.6. The maximum Gasteiger partial charge on any atom is 0.332 e. The molecule has 0 aliphatic carbocycles. The average Bonchev–Trinajstić information content (AvgIpc) is 2.71. The molecule has 0 amide bonds. The molecular weight excluding hydrogens is 420 g/mol. The van der Waals surface area contributed by atoms with E-state index in [1.54, 1.807) is 0 Å². The van der Waals surface area contributed by atoms with Crippen molar-refractivity contribution in [3.8, 4) is 11.5 Å². The molecule has 1 aliphatic heterocycles. The quantitative estimate of drug-likeness (QED) is 0.220. The van der Waals surface area contributed by atoms with Crippen LogP contribution in [0.4, 0.5) is 0 Å². The second-order valence-corrected chi connectivity index (χ2v) is 7.07. The molecule has 1 heterocycles. The number of carboxylic acids is 1. The maximum absolute atomic E-state index is 11.8. The summed E-state index contributed by atoms with van der Waals surface area (Å²) in [6.45, 7) is 0.431. The van der Waals surface area contributed by atoms with Crippen molar-refractivity contribution in [3.63, 3.8) is 0 Å². The fourth-order valence-corrected chi connectivity index (χ4v) is 3.27. The van der Waals surface area contributed by atoms with Crippen molar-refractivity contribution < 1.29 is 59.5 Å². The molecule has 2 rings (SSSR count). The number of Topliss-reactive ketones (excluding diaryl/α,β-unsaturated/α-hetero) is 1. The number of phenolic OH excluding ortho intramolecular Hbond substituents is 2. The Morgan fingerprint density at radius 3 is 2.29 bits per heavy atom. The molecule has 0 bridgehead atoms. The van der Waals surface area contributed by atoms with Crippen LogP contribution < -0.4 is 0 Å². The molecule has 1 aromatic carbocycles. The number of aliphatic hydroxyl groups excluding tert-OH is 4. The van der Waals surface area contributed by atoms with Crippen molar-refractivity contribution >= 4 is 11.8 Å². The van der Waals surface area contributed by atoms with Crippen LogP contribution in [0, 0.1) is 0 Å². The van der Waals surface area contributed by atoms with Gasteiger partial charge in [0.15, 0.2) is 18.2 Å². The lowest BCUT2D eigenvalue weighted by Crippen LogP contribution is -2.59. The number of carboxylic acid groups (broad SMARTS) is 1. The third kappa shape index (κ3) is 5.30. The lowest BCUT2D eigenvalue weighted by Gasteiger charge is -2.41. The van der Waals surface area contributed by atoms with Gasteiger partial charge in [0.2, 0.25) is 0 Å². The van der Waals surface area contributed by atoms with Gasteiger partial charge in [-0.05, 0) is 19.1 Å². The summed E-state index contributed by atoms with van der Waals surface area (Å²) in [4.78, 5) is 23.2. The Labute approximate surface area is 176 Å². The third-order valence-corrected chi connectivity index (χ3v) is 5.03. The number of methoxy groups -OCH3 is 1. The van der Waals surface area contributed by atoms with Gasteiger partial charge in [-0.2, -0.15) is 0 Å². The number of aliphatic carboxylic acids is 1. The van der Waals surface area contributed by atoms with E-state index in [4.69, 9.17) is 14.2 Å². The summed E-state index contributed by atoms with van der Waals surface area (Å²) in [5.41, 5.74) is -0.549. The number of rotatable bonds is 9. The van der Waals surface area contributed by atoms with Gasteiger partial charge in [-0.15, -0.1) is 0 Å². The molecule has 7 atom stereocenters. The van der Waals surface area contributed by atoms with Gasteiger partial charge < -0.3 is 50.0 Å². The summed E-state index contributed by atoms with van der Waals surface area (Å²) in [5.74, 6) is -3.17. The number of ketones is 1. The van der Waals surface area contributed by atoms with Crippen LogP contribution >= 0.6 is 0 Å². The van der Waals surface area contributed by atoms with Crippen LogP contribution in [-0.4, -0.2) is 98.0 Å². The number of carbonyl (C=O) groups excluding carboxylic acids is 1. The van der Waals surface area contributed by atoms with E-state index in [9.17, 15) is 45.3 Å². The summed E-state index contributed by atoms with van der Waals surface area (Å²) < 4.78 is 15.7. The molecule has 0 saturated carbocycles. The van der Waals surface area contributed by atoms with Crippen LogP contribution in [0.5, 0.6) is 11.5 Å². The Balaban J connectivity index is 2.49. The maximum atomic E-state index is 11.8. The molecule has 1 aromatic rings. The smallest absolute Gasteiger partial charge is 0.332 e. The first-order valence-corrected chi connectivity index (χ1v) is 9.30. The zero-order chi connectivity index (χ0) is 23.5. The van der Waals surface area contributed by atoms with E-state index in [0.717, 1.165) is 19.2 Å². The standard InChI is InChI=1S/C19H26O12/c1-7(21)8-3-4-9(22)13(14(8)23)10(5-11(29-2)18(27)28)30-19-17(26)16(25)15(24)12(6-20)31-19/h3-4,10-12,15-17,19-20,22-26H,5-6H2,1-2H3,(H,27,28)/t10-,11+,12+,15-,16-,17-,19-/m1/s1. The summed E-state index contributed by atoms with van der Waals surface area (Å²) in [6.07, 6.45) is -11.8. The first kappa shape index (κ1) is 24.9. The molecular formula is C19H26O12. The first-order chi connectivity index (χ1) is 14.5. The summed E-state index contributed by atoms with van der Waals surface area (Å²) in [6, 6.07) is 2.25. The monoisotopic (exact) mass is 446 g/mol. The average molecular weight is 446 g/mol. The SMILES string of the molecule is CO[C@@H](C[C@@H](O[C@@H]1O[C@@H](CO)[C@@H](O)[C@@H](O)[C@H]1O)c1c(O)ccc(C(C)=O)c1O)C(=O)O. The molecule has 1 saturated heterocycles. The van der Waals surface area contributed by atoms with Crippen molar-refractivity contribution in [2.24, 2.45) is 0 Å². The van der Waals surface area contributed by atoms with Crippen LogP contribution in [0.1, 0.15) is 35.4 Å². The molecule has 12 nitrogen and oxygen atoms in total. The van der Waals surface area contributed by atoms with Gasteiger partial charge in [-0.3, -0.25) is 4.79 Å². The number of hydrogen-bond acceptors (Lipinski definition) is 11. The van der Waals surface area contributed by atoms with Crippen molar-refractivity contribution in [3.05, 3.63) is 23.3 Å². The number of phenols is 2. The Hall–Kier alpha value is -2.32. The van der Waals surface area contributed by atoms with Crippen molar-refractivity contribution in [2.75, 3.05) is 13.7 Å². The highest BCUT2D eigenvalue weighted by Gasteiger charge is 2.45. The lowest BCUT2D eigenvalue weighted by molar-refractivity contribution is -0.314. The zero-order valence-corrected chi connectivity index (χ0v) is 16.8. The van der Waals surface area contributed by atoms with Gasteiger partial charge in [0.25, 0.3) is 0 Å². The van der Waals surface area contributed by atoms with E-state index >= 15 is 0 Å². The molecule has 1 aliphatic rings. The van der Waals surface area contributed by atoms with Gasteiger partial charge in [0.1, 0.15) is 35.9 Å². The minimum absolute atomic E-state index is 0.181. The van der Waals surface area contributed by atoms with E-state index in [1.807, 2.05) is 0 Å². The van der Waals surface area contributed by atoms with E-state index in [1.165, 1.54) is 6.92 Å². The van der Waals surface area contributed by atoms with Crippen LogP contribution in [0.3, 0.4) is 0 Å². The predicted octanol–water partition coefficient (Wildman–Crippen LogP) is -1.35. The normalized spacial score (nSPS) is 28.1. The number of carbonyl (C=O) groups is 2. The summed E-state index contributed by atoms with van der Waals surface area (Å²) in [7, 11) is 1.11. The number of aliphatic hydroxyl groups is 4. The largest absolute Gasteiger partial charge is 0.507 e. The topological polar surface area (TPSA) is 203 Å². The molecule has 0 radical (unpaired) electrons. The van der Waals surface area contributed by atoms with Crippen LogP contribution in [-0.2, 0) is 19.0 Å². The fourth-order valence-electron chi connectivity index (χ4n) is 3.27. The highest BCUT2D eigenvalue weighted by molar-refractivity contribution is 5.97. The molecule has 1 fully saturated rings. The molecule has 0 spiro atoms. The molecule has 0 aromatic heterocycles. The van der Waals surface area contributed by atoms with Crippen molar-refractivity contribution in [1.82, 2.24) is 0 Å². The number of aromatic hydroxyl groups is 2. The van der Waals surface area contributed by atoms with Gasteiger partial charge in [-0.1, -0.05) is 0 Å². The van der Waals surface area contributed by atoms with E-state index in [-0.39, 0.29) is 11.1 Å². The van der Waals surface area contributed by atoms with E-state index < -0.39 is 79.2 Å². The van der Waals surface area contributed by atoms with Crippen LogP contribution in [0.2, 0.25) is 0 Å². The Morgan fingerprint density at radius 2 is 1.77 bits per heavy atom. The third-order valence-electron chi connectivity index (χ3n) is 5.03. The molecule has 7 N–H and O–H groups in total. The lowest BCUT2D eigenvalue weighted by atomic mass is 9.96. The Morgan fingerprint density at radius 1 is 1.13 bits per heavy atom. The molecule has 174 valence electrons. The number of benzene rings is 1. The van der Waals surface area contributed by atoms with Crippen LogP contribution in [0.15, 0.2) is 12.1 Å². The van der Waals surface area contributed by atoms with Gasteiger partial charge >= 0.3 is 5.97 Å². The van der Waals surface area contributed by atoms with Gasteiger partial charge in [0.05, 0.1) is 23.8 Å². The summed E-state index contributed by atoms with van der Waals surface area (Å²) >= 11 is 0. The predicted molar refractivity (Wildman–Crippen MR) is 100 cm³/mol. The number of ether oxygens (including phenoxy) is 3. The van der Waals surface area contributed by atoms with Crippen LogP contribution in [0.25, 0.3) is 0 Å². The van der Waals surface area contributed by atoms with Gasteiger partial charge in [0, 0.05) is 13.5 Å². The van der Waals surface area contributed by atoms with E-state index in [0.29, 0.717) is 0 Å². The zero-order valence-electron chi connectivity index (χ0n) is 16.8.